The minimum atomic E-state index is -0.164. The van der Waals surface area contributed by atoms with Crippen molar-refractivity contribution in [3.8, 4) is 5.75 Å². The second-order valence-electron chi connectivity index (χ2n) is 6.40. The van der Waals surface area contributed by atoms with Crippen LogP contribution in [0.3, 0.4) is 0 Å². The van der Waals surface area contributed by atoms with Crippen LogP contribution in [0.25, 0.3) is 0 Å². The van der Waals surface area contributed by atoms with Crippen molar-refractivity contribution >= 4 is 22.4 Å². The third kappa shape index (κ3) is 4.10. The smallest absolute Gasteiger partial charge is 0.264 e. The minimum Gasteiger partial charge on any atom is -0.484 e. The van der Waals surface area contributed by atoms with Crippen LogP contribution in [0.4, 0.5) is 5.13 Å². The van der Waals surface area contributed by atoms with Crippen molar-refractivity contribution in [2.24, 2.45) is 5.92 Å². The number of thiazole rings is 1. The fraction of sp³-hybridized carbons (Fsp3) is 0.444. The maximum atomic E-state index is 12.1. The quantitative estimate of drug-likeness (QED) is 0.925. The van der Waals surface area contributed by atoms with Crippen LogP contribution in [-0.2, 0) is 17.6 Å². The highest BCUT2D eigenvalue weighted by Crippen LogP contribution is 2.32. The zero-order chi connectivity index (χ0) is 16.4. The van der Waals surface area contributed by atoms with Gasteiger partial charge in [0.25, 0.3) is 5.91 Å². The van der Waals surface area contributed by atoms with Gasteiger partial charge in [-0.2, -0.15) is 0 Å². The Morgan fingerprint density at radius 1 is 1.35 bits per heavy atom. The number of aryl methyl sites for hydroxylation is 3. The Morgan fingerprint density at radius 2 is 2.09 bits per heavy atom. The summed E-state index contributed by atoms with van der Waals surface area (Å²) in [4.78, 5) is 17.9. The topological polar surface area (TPSA) is 51.2 Å². The number of carbonyl (C=O) groups excluding carboxylic acids is 1. The third-order valence-corrected chi connectivity index (χ3v) is 5.03. The lowest BCUT2D eigenvalue weighted by atomic mass is 9.93. The van der Waals surface area contributed by atoms with Gasteiger partial charge in [0.2, 0.25) is 0 Å². The van der Waals surface area contributed by atoms with Crippen molar-refractivity contribution < 1.29 is 9.53 Å². The van der Waals surface area contributed by atoms with Gasteiger partial charge in [0.1, 0.15) is 5.75 Å². The molecule has 0 saturated heterocycles. The first kappa shape index (κ1) is 16.0. The number of fused-ring (bicyclic) bond motifs is 1. The lowest BCUT2D eigenvalue weighted by molar-refractivity contribution is -0.118. The monoisotopic (exact) mass is 330 g/mol. The molecule has 0 spiro atoms. The van der Waals surface area contributed by atoms with Gasteiger partial charge in [-0.1, -0.05) is 13.0 Å². The highest BCUT2D eigenvalue weighted by molar-refractivity contribution is 7.15. The lowest BCUT2D eigenvalue weighted by Crippen LogP contribution is -2.20. The lowest BCUT2D eigenvalue weighted by Gasteiger charge is -2.15. The molecule has 0 fully saturated rings. The SMILES string of the molecule is Cc1cc(C)cc(OCC(=O)Nc2nc3c(s2)C[C@H](C)CC3)c1. The van der Waals surface area contributed by atoms with Crippen LogP contribution in [0.15, 0.2) is 18.2 Å². The molecule has 0 aliphatic heterocycles. The van der Waals surface area contributed by atoms with Crippen molar-refractivity contribution in [2.75, 3.05) is 11.9 Å². The number of nitrogens with one attached hydrogen (secondary N) is 1. The molecular formula is C18H22N2O2S. The van der Waals surface area contributed by atoms with Crippen molar-refractivity contribution in [2.45, 2.75) is 40.0 Å². The summed E-state index contributed by atoms with van der Waals surface area (Å²) in [5.41, 5.74) is 3.41. The highest BCUT2D eigenvalue weighted by atomic mass is 32.1. The summed E-state index contributed by atoms with van der Waals surface area (Å²) in [5, 5.41) is 3.55. The van der Waals surface area contributed by atoms with E-state index in [1.165, 1.54) is 11.3 Å². The average Bonchev–Trinajstić information content (AvgIpc) is 2.85. The van der Waals surface area contributed by atoms with Crippen LogP contribution in [-0.4, -0.2) is 17.5 Å². The van der Waals surface area contributed by atoms with E-state index in [2.05, 4.69) is 23.3 Å². The maximum Gasteiger partial charge on any atom is 0.264 e. The summed E-state index contributed by atoms with van der Waals surface area (Å²) in [6.07, 6.45) is 3.27. The van der Waals surface area contributed by atoms with Gasteiger partial charge in [0, 0.05) is 4.88 Å². The van der Waals surface area contributed by atoms with E-state index < -0.39 is 0 Å². The molecule has 1 aliphatic rings. The Morgan fingerprint density at radius 3 is 2.83 bits per heavy atom. The zero-order valence-electron chi connectivity index (χ0n) is 13.8. The molecule has 1 heterocycles. The number of aromatic nitrogens is 1. The number of carbonyl (C=O) groups is 1. The standard InChI is InChI=1S/C18H22N2O2S/c1-11-4-5-15-16(9-11)23-18(19-15)20-17(21)10-22-14-7-12(2)6-13(3)8-14/h6-8,11H,4-5,9-10H2,1-3H3,(H,19,20,21)/t11-/m1/s1. The van der Waals surface area contributed by atoms with Crippen LogP contribution in [0, 0.1) is 19.8 Å². The predicted molar refractivity (Wildman–Crippen MR) is 93.3 cm³/mol. The number of amides is 1. The van der Waals surface area contributed by atoms with Crippen LogP contribution in [0.2, 0.25) is 0 Å². The molecule has 23 heavy (non-hydrogen) atoms. The van der Waals surface area contributed by atoms with Gasteiger partial charge in [0.05, 0.1) is 5.69 Å². The molecule has 1 aromatic heterocycles. The first-order valence-corrected chi connectivity index (χ1v) is 8.81. The zero-order valence-corrected chi connectivity index (χ0v) is 14.6. The van der Waals surface area contributed by atoms with Crippen LogP contribution < -0.4 is 10.1 Å². The van der Waals surface area contributed by atoms with E-state index in [9.17, 15) is 4.79 Å². The van der Waals surface area contributed by atoms with Crippen molar-refractivity contribution in [1.29, 1.82) is 0 Å². The number of ether oxygens (including phenoxy) is 1. The van der Waals surface area contributed by atoms with Gasteiger partial charge in [-0.3, -0.25) is 10.1 Å². The fourth-order valence-corrected chi connectivity index (χ4v) is 4.10. The molecule has 122 valence electrons. The summed E-state index contributed by atoms with van der Waals surface area (Å²) >= 11 is 1.60. The minimum absolute atomic E-state index is 0.00351. The Kier molecular flexibility index (Phi) is 4.66. The Labute approximate surface area is 140 Å². The molecule has 0 unspecified atom stereocenters. The number of anilines is 1. The van der Waals surface area contributed by atoms with Crippen LogP contribution in [0.5, 0.6) is 5.75 Å². The molecule has 5 heteroatoms. The molecule has 1 aromatic carbocycles. The van der Waals surface area contributed by atoms with E-state index >= 15 is 0 Å². The molecule has 1 amide bonds. The van der Waals surface area contributed by atoms with Gasteiger partial charge in [0.15, 0.2) is 11.7 Å². The first-order valence-electron chi connectivity index (χ1n) is 7.99. The molecule has 0 bridgehead atoms. The van der Waals surface area contributed by atoms with Crippen LogP contribution in [0.1, 0.15) is 35.0 Å². The molecule has 0 radical (unpaired) electrons. The largest absolute Gasteiger partial charge is 0.484 e. The van der Waals surface area contributed by atoms with E-state index in [0.717, 1.165) is 35.4 Å². The van der Waals surface area contributed by atoms with E-state index in [0.29, 0.717) is 11.0 Å². The number of benzene rings is 1. The second kappa shape index (κ2) is 6.71. The predicted octanol–water partition coefficient (Wildman–Crippen LogP) is 3.90. The average molecular weight is 330 g/mol. The maximum absolute atomic E-state index is 12.1. The van der Waals surface area contributed by atoms with Crippen molar-refractivity contribution in [3.05, 3.63) is 39.9 Å². The highest BCUT2D eigenvalue weighted by Gasteiger charge is 2.20. The normalized spacial score (nSPS) is 16.7. The Bertz CT molecular complexity index is 704. The summed E-state index contributed by atoms with van der Waals surface area (Å²) < 4.78 is 5.59. The summed E-state index contributed by atoms with van der Waals surface area (Å²) in [7, 11) is 0. The molecule has 3 rings (SSSR count). The number of hydrogen-bond acceptors (Lipinski definition) is 4. The Hall–Kier alpha value is -1.88. The summed E-state index contributed by atoms with van der Waals surface area (Å²) in [6.45, 7) is 6.30. The van der Waals surface area contributed by atoms with E-state index in [1.807, 2.05) is 26.0 Å². The van der Waals surface area contributed by atoms with Gasteiger partial charge in [-0.25, -0.2) is 4.98 Å². The van der Waals surface area contributed by atoms with E-state index in [-0.39, 0.29) is 12.5 Å². The van der Waals surface area contributed by atoms with E-state index in [1.54, 1.807) is 11.3 Å². The Balaban J connectivity index is 1.57. The molecule has 1 aliphatic carbocycles. The molecule has 0 saturated carbocycles. The molecule has 1 atom stereocenters. The van der Waals surface area contributed by atoms with Gasteiger partial charge < -0.3 is 4.74 Å². The summed E-state index contributed by atoms with van der Waals surface area (Å²) in [6, 6.07) is 5.95. The molecule has 4 nitrogen and oxygen atoms in total. The van der Waals surface area contributed by atoms with E-state index in [4.69, 9.17) is 4.74 Å². The van der Waals surface area contributed by atoms with Crippen molar-refractivity contribution in [1.82, 2.24) is 4.98 Å². The summed E-state index contributed by atoms with van der Waals surface area (Å²) in [5.74, 6) is 1.27. The van der Waals surface area contributed by atoms with Gasteiger partial charge in [-0.15, -0.1) is 11.3 Å². The molecule has 2 aromatic rings. The molecular weight excluding hydrogens is 308 g/mol. The third-order valence-electron chi connectivity index (χ3n) is 4.00. The number of hydrogen-bond donors (Lipinski definition) is 1. The second-order valence-corrected chi connectivity index (χ2v) is 7.48. The fourth-order valence-electron chi connectivity index (χ4n) is 2.91. The van der Waals surface area contributed by atoms with Crippen LogP contribution >= 0.6 is 11.3 Å². The first-order chi connectivity index (χ1) is 11.0. The number of rotatable bonds is 4. The van der Waals surface area contributed by atoms with Crippen molar-refractivity contribution in [3.63, 3.8) is 0 Å². The molecule has 1 N–H and O–H groups in total. The van der Waals surface area contributed by atoms with Gasteiger partial charge in [-0.05, 0) is 62.3 Å². The number of nitrogens with zero attached hydrogens (tertiary/aromatic N) is 1. The van der Waals surface area contributed by atoms with Gasteiger partial charge >= 0.3 is 0 Å².